The van der Waals surface area contributed by atoms with Crippen LogP contribution in [-0.4, -0.2) is 32.3 Å². The molecular formula is C21H26N2O4. The Morgan fingerprint density at radius 3 is 2.19 bits per heavy atom. The Balaban J connectivity index is 1.90. The molecule has 0 radical (unpaired) electrons. The third kappa shape index (κ3) is 5.74. The number of ether oxygens (including phenoxy) is 2. The molecule has 0 fully saturated rings. The molecule has 0 saturated carbocycles. The lowest BCUT2D eigenvalue weighted by atomic mass is 9.84. The maximum atomic E-state index is 12.2. The summed E-state index contributed by atoms with van der Waals surface area (Å²) < 4.78 is 10.1. The predicted molar refractivity (Wildman–Crippen MR) is 105 cm³/mol. The van der Waals surface area contributed by atoms with E-state index in [-0.39, 0.29) is 17.4 Å². The second-order valence-electron chi connectivity index (χ2n) is 6.72. The maximum Gasteiger partial charge on any atom is 0.338 e. The van der Waals surface area contributed by atoms with Crippen LogP contribution in [0.25, 0.3) is 0 Å². The third-order valence-corrected chi connectivity index (χ3v) is 4.22. The molecule has 0 aliphatic carbocycles. The minimum atomic E-state index is -0.380. The standard InChI is InChI=1S/C21H26N2O4/c1-5-27-19(24)15-6-10-17(11-7-15)23-20(25)22-14-21(2,3)16-8-12-18(26-4)13-9-16/h6-13H,5,14H2,1-4H3,(H2,22,23,25). The first-order valence-corrected chi connectivity index (χ1v) is 8.82. The highest BCUT2D eigenvalue weighted by Crippen LogP contribution is 2.24. The monoisotopic (exact) mass is 370 g/mol. The van der Waals surface area contributed by atoms with E-state index in [4.69, 9.17) is 9.47 Å². The molecule has 2 aromatic rings. The van der Waals surface area contributed by atoms with Crippen molar-refractivity contribution in [3.05, 3.63) is 59.7 Å². The lowest BCUT2D eigenvalue weighted by Crippen LogP contribution is -2.38. The van der Waals surface area contributed by atoms with Crippen LogP contribution in [0.15, 0.2) is 48.5 Å². The van der Waals surface area contributed by atoms with Crippen LogP contribution < -0.4 is 15.4 Å². The van der Waals surface area contributed by atoms with Crippen molar-refractivity contribution >= 4 is 17.7 Å². The summed E-state index contributed by atoms with van der Waals surface area (Å²) >= 11 is 0. The molecular weight excluding hydrogens is 344 g/mol. The summed E-state index contributed by atoms with van der Waals surface area (Å²) in [6, 6.07) is 14.1. The maximum absolute atomic E-state index is 12.2. The molecule has 6 nitrogen and oxygen atoms in total. The van der Waals surface area contributed by atoms with Gasteiger partial charge in [0.05, 0.1) is 19.3 Å². The fraction of sp³-hybridized carbons (Fsp3) is 0.333. The molecule has 0 aromatic heterocycles. The van der Waals surface area contributed by atoms with Gasteiger partial charge in [0.2, 0.25) is 0 Å². The number of amides is 2. The SMILES string of the molecule is CCOC(=O)c1ccc(NC(=O)NCC(C)(C)c2ccc(OC)cc2)cc1. The Morgan fingerprint density at radius 2 is 1.63 bits per heavy atom. The first-order valence-electron chi connectivity index (χ1n) is 8.82. The van der Waals surface area contributed by atoms with Crippen LogP contribution in [0.1, 0.15) is 36.7 Å². The number of carbonyl (C=O) groups excluding carboxylic acids is 2. The normalized spacial score (nSPS) is 10.8. The number of nitrogens with one attached hydrogen (secondary N) is 2. The number of esters is 1. The molecule has 0 bridgehead atoms. The highest BCUT2D eigenvalue weighted by molar-refractivity contribution is 5.92. The number of anilines is 1. The van der Waals surface area contributed by atoms with Crippen LogP contribution in [-0.2, 0) is 10.2 Å². The van der Waals surface area contributed by atoms with Gasteiger partial charge in [0.15, 0.2) is 0 Å². The number of rotatable bonds is 7. The van der Waals surface area contributed by atoms with Crippen LogP contribution >= 0.6 is 0 Å². The largest absolute Gasteiger partial charge is 0.497 e. The number of carbonyl (C=O) groups is 2. The van der Waals surface area contributed by atoms with Gasteiger partial charge >= 0.3 is 12.0 Å². The molecule has 0 aliphatic rings. The van der Waals surface area contributed by atoms with Crippen molar-refractivity contribution in [1.82, 2.24) is 5.32 Å². The Bertz CT molecular complexity index is 768. The van der Waals surface area contributed by atoms with Crippen LogP contribution in [0.4, 0.5) is 10.5 Å². The predicted octanol–water partition coefficient (Wildman–Crippen LogP) is 3.97. The quantitative estimate of drug-likeness (QED) is 0.723. The Labute approximate surface area is 159 Å². The Hall–Kier alpha value is -3.02. The van der Waals surface area contributed by atoms with Gasteiger partial charge in [0.25, 0.3) is 0 Å². The number of methoxy groups -OCH3 is 1. The van der Waals surface area contributed by atoms with Gasteiger partial charge in [-0.1, -0.05) is 26.0 Å². The lowest BCUT2D eigenvalue weighted by molar-refractivity contribution is 0.0526. The molecule has 0 unspecified atom stereocenters. The summed E-state index contributed by atoms with van der Waals surface area (Å²) in [4.78, 5) is 23.8. The topological polar surface area (TPSA) is 76.7 Å². The number of benzene rings is 2. The average molecular weight is 370 g/mol. The number of urea groups is 1. The molecule has 2 aromatic carbocycles. The van der Waals surface area contributed by atoms with Gasteiger partial charge in [0, 0.05) is 17.6 Å². The van der Waals surface area contributed by atoms with Crippen molar-refractivity contribution in [2.75, 3.05) is 25.6 Å². The van der Waals surface area contributed by atoms with Crippen molar-refractivity contribution in [2.24, 2.45) is 0 Å². The van der Waals surface area contributed by atoms with Crippen molar-refractivity contribution in [1.29, 1.82) is 0 Å². The second kappa shape index (κ2) is 9.07. The molecule has 0 atom stereocenters. The fourth-order valence-corrected chi connectivity index (χ4v) is 2.52. The third-order valence-electron chi connectivity index (χ3n) is 4.22. The zero-order chi connectivity index (χ0) is 19.9. The van der Waals surface area contributed by atoms with Crippen LogP contribution in [0.5, 0.6) is 5.75 Å². The molecule has 2 amide bonds. The number of hydrogen-bond acceptors (Lipinski definition) is 4. The van der Waals surface area contributed by atoms with E-state index in [1.165, 1.54) is 0 Å². The molecule has 6 heteroatoms. The first kappa shape index (κ1) is 20.3. The van der Waals surface area contributed by atoms with E-state index >= 15 is 0 Å². The number of hydrogen-bond donors (Lipinski definition) is 2. The van der Waals surface area contributed by atoms with Gasteiger partial charge in [-0.15, -0.1) is 0 Å². The second-order valence-corrected chi connectivity index (χ2v) is 6.72. The van der Waals surface area contributed by atoms with E-state index in [2.05, 4.69) is 24.5 Å². The van der Waals surface area contributed by atoms with Crippen molar-refractivity contribution in [3.63, 3.8) is 0 Å². The van der Waals surface area contributed by atoms with Crippen LogP contribution in [0.3, 0.4) is 0 Å². The summed E-state index contributed by atoms with van der Waals surface area (Å²) in [6.07, 6.45) is 0. The Kier molecular flexibility index (Phi) is 6.82. The van der Waals surface area contributed by atoms with Crippen molar-refractivity contribution in [2.45, 2.75) is 26.2 Å². The Morgan fingerprint density at radius 1 is 1.00 bits per heavy atom. The van der Waals surface area contributed by atoms with Crippen molar-refractivity contribution < 1.29 is 19.1 Å². The fourth-order valence-electron chi connectivity index (χ4n) is 2.52. The van der Waals surface area contributed by atoms with Gasteiger partial charge in [-0.2, -0.15) is 0 Å². The summed E-state index contributed by atoms with van der Waals surface area (Å²) in [6.45, 7) is 6.66. The first-order chi connectivity index (χ1) is 12.9. The molecule has 27 heavy (non-hydrogen) atoms. The lowest BCUT2D eigenvalue weighted by Gasteiger charge is -2.26. The summed E-state index contributed by atoms with van der Waals surface area (Å²) in [7, 11) is 1.63. The van der Waals surface area contributed by atoms with Crippen molar-refractivity contribution in [3.8, 4) is 5.75 Å². The molecule has 0 aliphatic heterocycles. The minimum absolute atomic E-state index is 0.239. The molecule has 0 spiro atoms. The van der Waals surface area contributed by atoms with E-state index in [1.54, 1.807) is 38.3 Å². The molecule has 0 saturated heterocycles. The van der Waals surface area contributed by atoms with Gasteiger partial charge < -0.3 is 20.1 Å². The van der Waals surface area contributed by atoms with E-state index < -0.39 is 0 Å². The molecule has 144 valence electrons. The highest BCUT2D eigenvalue weighted by atomic mass is 16.5. The zero-order valence-electron chi connectivity index (χ0n) is 16.2. The van der Waals surface area contributed by atoms with Gasteiger partial charge in [-0.3, -0.25) is 0 Å². The van der Waals surface area contributed by atoms with Gasteiger partial charge in [-0.05, 0) is 48.9 Å². The van der Waals surface area contributed by atoms with E-state index in [0.29, 0.717) is 24.4 Å². The summed E-state index contributed by atoms with van der Waals surface area (Å²) in [5.41, 5.74) is 1.91. The average Bonchev–Trinajstić information content (AvgIpc) is 2.67. The van der Waals surface area contributed by atoms with Gasteiger partial charge in [-0.25, -0.2) is 9.59 Å². The van der Waals surface area contributed by atoms with E-state index in [1.807, 2.05) is 24.3 Å². The highest BCUT2D eigenvalue weighted by Gasteiger charge is 2.21. The zero-order valence-corrected chi connectivity index (χ0v) is 16.2. The van der Waals surface area contributed by atoms with E-state index in [9.17, 15) is 9.59 Å². The summed E-state index contributed by atoms with van der Waals surface area (Å²) in [5, 5.41) is 5.64. The minimum Gasteiger partial charge on any atom is -0.497 e. The van der Waals surface area contributed by atoms with Gasteiger partial charge in [0.1, 0.15) is 5.75 Å². The molecule has 0 heterocycles. The smallest absolute Gasteiger partial charge is 0.338 e. The van der Waals surface area contributed by atoms with E-state index in [0.717, 1.165) is 11.3 Å². The molecule has 2 rings (SSSR count). The summed E-state index contributed by atoms with van der Waals surface area (Å²) in [5.74, 6) is 0.418. The van der Waals surface area contributed by atoms with Crippen LogP contribution in [0, 0.1) is 0 Å². The van der Waals surface area contributed by atoms with Crippen LogP contribution in [0.2, 0.25) is 0 Å². The molecule has 2 N–H and O–H groups in total.